The Bertz CT molecular complexity index is 441. The lowest BCUT2D eigenvalue weighted by molar-refractivity contribution is 0.0600. The molecule has 0 spiro atoms. The van der Waals surface area contributed by atoms with Crippen molar-refractivity contribution in [2.24, 2.45) is 0 Å². The SMILES string of the molecule is CNCC#Cc1cccc(C(=O)OC)c1C. The zero-order valence-corrected chi connectivity index (χ0v) is 9.76. The molecule has 1 aromatic carbocycles. The summed E-state index contributed by atoms with van der Waals surface area (Å²) in [4.78, 5) is 11.4. The molecule has 0 aliphatic carbocycles. The van der Waals surface area contributed by atoms with Gasteiger partial charge in [-0.3, -0.25) is 0 Å². The van der Waals surface area contributed by atoms with Crippen LogP contribution in [0.25, 0.3) is 0 Å². The summed E-state index contributed by atoms with van der Waals surface area (Å²) in [6.45, 7) is 2.50. The van der Waals surface area contributed by atoms with Crippen LogP contribution < -0.4 is 5.32 Å². The van der Waals surface area contributed by atoms with E-state index in [4.69, 9.17) is 4.74 Å². The lowest BCUT2D eigenvalue weighted by Gasteiger charge is -2.05. The predicted octanol–water partition coefficient (Wildman–Crippen LogP) is 1.35. The van der Waals surface area contributed by atoms with Crippen LogP contribution >= 0.6 is 0 Å². The van der Waals surface area contributed by atoms with E-state index in [0.29, 0.717) is 12.1 Å². The molecule has 0 amide bonds. The fourth-order valence-electron chi connectivity index (χ4n) is 1.33. The Labute approximate surface area is 95.8 Å². The summed E-state index contributed by atoms with van der Waals surface area (Å²) in [5, 5.41) is 2.94. The third kappa shape index (κ3) is 2.85. The summed E-state index contributed by atoms with van der Waals surface area (Å²) < 4.78 is 4.70. The molecule has 0 heterocycles. The van der Waals surface area contributed by atoms with Crippen LogP contribution in [0.2, 0.25) is 0 Å². The van der Waals surface area contributed by atoms with E-state index in [1.165, 1.54) is 7.11 Å². The molecular weight excluding hydrogens is 202 g/mol. The minimum atomic E-state index is -0.324. The first-order valence-electron chi connectivity index (χ1n) is 5.02. The fraction of sp³-hybridized carbons (Fsp3) is 0.308. The summed E-state index contributed by atoms with van der Waals surface area (Å²) in [6.07, 6.45) is 0. The maximum Gasteiger partial charge on any atom is 0.338 e. The van der Waals surface area contributed by atoms with Gasteiger partial charge in [0.2, 0.25) is 0 Å². The quantitative estimate of drug-likeness (QED) is 0.600. The second-order valence-corrected chi connectivity index (χ2v) is 3.30. The minimum Gasteiger partial charge on any atom is -0.465 e. The van der Waals surface area contributed by atoms with Crippen molar-refractivity contribution in [3.05, 3.63) is 34.9 Å². The Kier molecular flexibility index (Phi) is 4.56. The molecule has 1 rings (SSSR count). The highest BCUT2D eigenvalue weighted by molar-refractivity contribution is 5.91. The highest BCUT2D eigenvalue weighted by atomic mass is 16.5. The molecule has 1 aromatic rings. The molecule has 84 valence electrons. The van der Waals surface area contributed by atoms with Crippen LogP contribution in [0.4, 0.5) is 0 Å². The summed E-state index contributed by atoms with van der Waals surface area (Å²) >= 11 is 0. The van der Waals surface area contributed by atoms with Crippen LogP contribution in [-0.2, 0) is 4.74 Å². The summed E-state index contributed by atoms with van der Waals surface area (Å²) in [5.41, 5.74) is 2.29. The molecule has 0 fully saturated rings. The number of carbonyl (C=O) groups is 1. The number of hydrogen-bond acceptors (Lipinski definition) is 3. The van der Waals surface area contributed by atoms with Gasteiger partial charge in [-0.25, -0.2) is 4.79 Å². The van der Waals surface area contributed by atoms with E-state index in [2.05, 4.69) is 17.2 Å². The molecule has 0 saturated carbocycles. The Morgan fingerprint density at radius 1 is 1.50 bits per heavy atom. The van der Waals surface area contributed by atoms with Gasteiger partial charge in [0.25, 0.3) is 0 Å². The smallest absolute Gasteiger partial charge is 0.338 e. The molecule has 0 atom stereocenters. The van der Waals surface area contributed by atoms with Gasteiger partial charge in [0.1, 0.15) is 0 Å². The first-order chi connectivity index (χ1) is 7.70. The molecule has 0 saturated heterocycles. The van der Waals surface area contributed by atoms with E-state index >= 15 is 0 Å². The van der Waals surface area contributed by atoms with E-state index in [9.17, 15) is 4.79 Å². The Morgan fingerprint density at radius 3 is 2.88 bits per heavy atom. The molecule has 0 radical (unpaired) electrons. The molecule has 16 heavy (non-hydrogen) atoms. The average Bonchev–Trinajstić information content (AvgIpc) is 2.30. The number of hydrogen-bond donors (Lipinski definition) is 1. The summed E-state index contributed by atoms with van der Waals surface area (Å²) in [6, 6.07) is 5.44. The lowest BCUT2D eigenvalue weighted by atomic mass is 10.0. The fourth-order valence-corrected chi connectivity index (χ4v) is 1.33. The van der Waals surface area contributed by atoms with Crippen molar-refractivity contribution in [3.63, 3.8) is 0 Å². The van der Waals surface area contributed by atoms with E-state index in [-0.39, 0.29) is 5.97 Å². The second kappa shape index (κ2) is 5.94. The number of methoxy groups -OCH3 is 1. The molecule has 3 heteroatoms. The van der Waals surface area contributed by atoms with E-state index < -0.39 is 0 Å². The van der Waals surface area contributed by atoms with E-state index in [0.717, 1.165) is 11.1 Å². The second-order valence-electron chi connectivity index (χ2n) is 3.30. The van der Waals surface area contributed by atoms with Gasteiger partial charge in [-0.15, -0.1) is 0 Å². The van der Waals surface area contributed by atoms with Crippen molar-refractivity contribution in [1.29, 1.82) is 0 Å². The average molecular weight is 217 g/mol. The van der Waals surface area contributed by atoms with Gasteiger partial charge < -0.3 is 10.1 Å². The predicted molar refractivity (Wildman–Crippen MR) is 63.3 cm³/mol. The van der Waals surface area contributed by atoms with Crippen LogP contribution in [0.1, 0.15) is 21.5 Å². The number of ether oxygens (including phenoxy) is 1. The van der Waals surface area contributed by atoms with Crippen molar-refractivity contribution in [2.75, 3.05) is 20.7 Å². The van der Waals surface area contributed by atoms with Gasteiger partial charge in [0, 0.05) is 5.56 Å². The largest absolute Gasteiger partial charge is 0.465 e. The van der Waals surface area contributed by atoms with Crippen molar-refractivity contribution in [2.45, 2.75) is 6.92 Å². The van der Waals surface area contributed by atoms with Crippen molar-refractivity contribution in [1.82, 2.24) is 5.32 Å². The Morgan fingerprint density at radius 2 is 2.25 bits per heavy atom. The standard InChI is InChI=1S/C13H15NO2/c1-10-11(7-5-9-14-2)6-4-8-12(10)13(15)16-3/h4,6,8,14H,9H2,1-3H3. The summed E-state index contributed by atoms with van der Waals surface area (Å²) in [7, 11) is 3.22. The molecule has 0 bridgehead atoms. The monoisotopic (exact) mass is 217 g/mol. The molecule has 0 aliphatic rings. The highest BCUT2D eigenvalue weighted by Crippen LogP contribution is 2.13. The molecule has 0 aliphatic heterocycles. The topological polar surface area (TPSA) is 38.3 Å². The maximum atomic E-state index is 11.4. The molecular formula is C13H15NO2. The van der Waals surface area contributed by atoms with Crippen LogP contribution in [-0.4, -0.2) is 26.7 Å². The van der Waals surface area contributed by atoms with E-state index in [1.54, 1.807) is 6.07 Å². The number of carbonyl (C=O) groups excluding carboxylic acids is 1. The highest BCUT2D eigenvalue weighted by Gasteiger charge is 2.10. The van der Waals surface area contributed by atoms with E-state index in [1.807, 2.05) is 26.1 Å². The molecule has 3 nitrogen and oxygen atoms in total. The first kappa shape index (κ1) is 12.3. The van der Waals surface area contributed by atoms with Crippen LogP contribution in [0, 0.1) is 18.8 Å². The minimum absolute atomic E-state index is 0.324. The molecule has 0 aromatic heterocycles. The van der Waals surface area contributed by atoms with Gasteiger partial charge in [0.15, 0.2) is 0 Å². The third-order valence-corrected chi connectivity index (χ3v) is 2.23. The van der Waals surface area contributed by atoms with Gasteiger partial charge in [0.05, 0.1) is 19.2 Å². The molecule has 0 unspecified atom stereocenters. The number of esters is 1. The Hall–Kier alpha value is -1.79. The van der Waals surface area contributed by atoms with Crippen LogP contribution in [0.3, 0.4) is 0 Å². The van der Waals surface area contributed by atoms with Crippen LogP contribution in [0.5, 0.6) is 0 Å². The Balaban J connectivity index is 3.05. The van der Waals surface area contributed by atoms with Crippen LogP contribution in [0.15, 0.2) is 18.2 Å². The van der Waals surface area contributed by atoms with Crippen molar-refractivity contribution < 1.29 is 9.53 Å². The first-order valence-corrected chi connectivity index (χ1v) is 5.02. The normalized spacial score (nSPS) is 9.19. The summed E-state index contributed by atoms with van der Waals surface area (Å²) in [5.74, 6) is 5.65. The zero-order valence-electron chi connectivity index (χ0n) is 9.76. The van der Waals surface area contributed by atoms with Crippen molar-refractivity contribution >= 4 is 5.97 Å². The number of nitrogens with one attached hydrogen (secondary N) is 1. The van der Waals surface area contributed by atoms with Gasteiger partial charge >= 0.3 is 5.97 Å². The zero-order chi connectivity index (χ0) is 12.0. The number of rotatable bonds is 2. The number of benzene rings is 1. The van der Waals surface area contributed by atoms with Gasteiger partial charge in [-0.05, 0) is 31.7 Å². The van der Waals surface area contributed by atoms with Gasteiger partial charge in [-0.1, -0.05) is 17.9 Å². The van der Waals surface area contributed by atoms with Gasteiger partial charge in [-0.2, -0.15) is 0 Å². The maximum absolute atomic E-state index is 11.4. The lowest BCUT2D eigenvalue weighted by Crippen LogP contribution is -2.06. The molecule has 1 N–H and O–H groups in total. The van der Waals surface area contributed by atoms with Crippen molar-refractivity contribution in [3.8, 4) is 11.8 Å². The third-order valence-electron chi connectivity index (χ3n) is 2.23.